The molecule has 0 saturated carbocycles. The zero-order chi connectivity index (χ0) is 19.8. The number of aromatic nitrogens is 1. The van der Waals surface area contributed by atoms with Gasteiger partial charge in [-0.1, -0.05) is 73.1 Å². The Balaban J connectivity index is 2.22. The van der Waals surface area contributed by atoms with Gasteiger partial charge in [-0.05, 0) is 41.2 Å². The van der Waals surface area contributed by atoms with Crippen LogP contribution in [0.4, 0.5) is 5.82 Å². The molecule has 3 aromatic rings. The van der Waals surface area contributed by atoms with E-state index in [2.05, 4.69) is 72.0 Å². The molecule has 0 radical (unpaired) electrons. The van der Waals surface area contributed by atoms with Gasteiger partial charge in [-0.15, -0.1) is 0 Å². The van der Waals surface area contributed by atoms with E-state index in [-0.39, 0.29) is 11.2 Å². The highest BCUT2D eigenvalue weighted by Gasteiger charge is 2.19. The molecule has 2 N–H and O–H groups in total. The summed E-state index contributed by atoms with van der Waals surface area (Å²) in [4.78, 5) is 4.53. The summed E-state index contributed by atoms with van der Waals surface area (Å²) in [7, 11) is 0. The van der Waals surface area contributed by atoms with Crippen LogP contribution in [0.15, 0.2) is 53.0 Å². The van der Waals surface area contributed by atoms with E-state index in [1.807, 2.05) is 31.2 Å². The van der Waals surface area contributed by atoms with Gasteiger partial charge < -0.3 is 5.73 Å². The number of pyridine rings is 1. The van der Waals surface area contributed by atoms with Gasteiger partial charge in [-0.2, -0.15) is 5.26 Å². The number of hydrogen-bond acceptors (Lipinski definition) is 3. The molecule has 3 nitrogen and oxygen atoms in total. The van der Waals surface area contributed by atoms with Crippen molar-refractivity contribution >= 4 is 21.7 Å². The van der Waals surface area contributed by atoms with Crippen LogP contribution in [0.3, 0.4) is 0 Å². The fourth-order valence-corrected chi connectivity index (χ4v) is 3.46. The summed E-state index contributed by atoms with van der Waals surface area (Å²) in [6.07, 6.45) is 0. The second-order valence-corrected chi connectivity index (χ2v) is 8.58. The molecule has 1 heterocycles. The van der Waals surface area contributed by atoms with Crippen molar-refractivity contribution in [3.8, 4) is 28.5 Å². The smallest absolute Gasteiger partial charge is 0.142 e. The van der Waals surface area contributed by atoms with Crippen LogP contribution in [0, 0.1) is 18.3 Å². The van der Waals surface area contributed by atoms with Crippen molar-refractivity contribution in [2.24, 2.45) is 0 Å². The van der Waals surface area contributed by atoms with E-state index in [4.69, 9.17) is 5.73 Å². The number of nitrogen functional groups attached to an aromatic ring is 1. The Hall–Kier alpha value is -2.64. The van der Waals surface area contributed by atoms with Gasteiger partial charge in [0.1, 0.15) is 17.5 Å². The van der Waals surface area contributed by atoms with Gasteiger partial charge in [-0.3, -0.25) is 0 Å². The van der Waals surface area contributed by atoms with E-state index >= 15 is 0 Å². The van der Waals surface area contributed by atoms with Gasteiger partial charge in [0, 0.05) is 15.6 Å². The predicted molar refractivity (Wildman–Crippen MR) is 115 cm³/mol. The van der Waals surface area contributed by atoms with Gasteiger partial charge in [-0.25, -0.2) is 4.98 Å². The zero-order valence-corrected chi connectivity index (χ0v) is 17.6. The molecule has 0 unspecified atom stereocenters. The van der Waals surface area contributed by atoms with E-state index in [9.17, 15) is 5.26 Å². The highest BCUT2D eigenvalue weighted by Crippen LogP contribution is 2.36. The lowest BCUT2D eigenvalue weighted by atomic mass is 9.85. The van der Waals surface area contributed by atoms with Crippen molar-refractivity contribution < 1.29 is 0 Å². The quantitative estimate of drug-likeness (QED) is 0.534. The lowest BCUT2D eigenvalue weighted by Gasteiger charge is -2.20. The molecule has 0 spiro atoms. The normalized spacial score (nSPS) is 11.3. The lowest BCUT2D eigenvalue weighted by molar-refractivity contribution is 0.590. The molecule has 0 bridgehead atoms. The number of nitrogens with two attached hydrogens (primary N) is 1. The highest BCUT2D eigenvalue weighted by molar-refractivity contribution is 9.10. The Morgan fingerprint density at radius 3 is 2.04 bits per heavy atom. The molecule has 3 rings (SSSR count). The summed E-state index contributed by atoms with van der Waals surface area (Å²) in [5, 5.41) is 9.69. The van der Waals surface area contributed by atoms with Crippen molar-refractivity contribution in [3.05, 3.63) is 69.7 Å². The van der Waals surface area contributed by atoms with Crippen LogP contribution in [0.2, 0.25) is 0 Å². The molecule has 0 fully saturated rings. The molecule has 0 aliphatic carbocycles. The first-order valence-electron chi connectivity index (χ1n) is 8.79. The summed E-state index contributed by atoms with van der Waals surface area (Å²) >= 11 is 3.46. The van der Waals surface area contributed by atoms with Crippen LogP contribution in [0.25, 0.3) is 22.4 Å². The summed E-state index contributed by atoms with van der Waals surface area (Å²) in [5.74, 6) is 0.260. The minimum absolute atomic E-state index is 0.0749. The standard InChI is InChI=1S/C23H22BrN3/c1-14-20(15-5-9-17(10-6-15)23(2,3)4)19(13-25)22(26)27-21(14)16-7-11-18(24)12-8-16/h5-12H,1-4H3,(H2,26,27). The molecule has 0 saturated heterocycles. The fraction of sp³-hybridized carbons (Fsp3) is 0.217. The molecule has 136 valence electrons. The highest BCUT2D eigenvalue weighted by atomic mass is 79.9. The number of nitrogens with zero attached hydrogens (tertiary/aromatic N) is 2. The fourth-order valence-electron chi connectivity index (χ4n) is 3.19. The van der Waals surface area contributed by atoms with Crippen LogP contribution in [-0.4, -0.2) is 4.98 Å². The number of rotatable bonds is 2. The maximum atomic E-state index is 9.69. The molecule has 2 aromatic carbocycles. The molecule has 27 heavy (non-hydrogen) atoms. The largest absolute Gasteiger partial charge is 0.383 e. The van der Waals surface area contributed by atoms with Gasteiger partial charge in [0.2, 0.25) is 0 Å². The van der Waals surface area contributed by atoms with Gasteiger partial charge >= 0.3 is 0 Å². The van der Waals surface area contributed by atoms with Crippen LogP contribution in [-0.2, 0) is 5.41 Å². The average molecular weight is 420 g/mol. The third-order valence-corrected chi connectivity index (χ3v) is 5.27. The number of nitriles is 1. The third-order valence-electron chi connectivity index (χ3n) is 4.74. The maximum Gasteiger partial charge on any atom is 0.142 e. The van der Waals surface area contributed by atoms with E-state index in [0.29, 0.717) is 5.56 Å². The zero-order valence-electron chi connectivity index (χ0n) is 16.0. The summed E-state index contributed by atoms with van der Waals surface area (Å²) in [6.45, 7) is 8.55. The molecular formula is C23H22BrN3. The Kier molecular flexibility index (Phi) is 5.08. The topological polar surface area (TPSA) is 62.7 Å². The Morgan fingerprint density at radius 2 is 1.52 bits per heavy atom. The Bertz CT molecular complexity index is 1020. The molecule has 4 heteroatoms. The van der Waals surface area contributed by atoms with Crippen molar-refractivity contribution in [2.75, 3.05) is 5.73 Å². The lowest BCUT2D eigenvalue weighted by Crippen LogP contribution is -2.10. The predicted octanol–water partition coefficient (Wildman–Crippen LogP) is 6.24. The second kappa shape index (κ2) is 7.17. The Morgan fingerprint density at radius 1 is 0.963 bits per heavy atom. The first-order valence-corrected chi connectivity index (χ1v) is 9.58. The van der Waals surface area contributed by atoms with Crippen molar-refractivity contribution in [1.29, 1.82) is 5.26 Å². The molecule has 0 aliphatic heterocycles. The molecule has 0 amide bonds. The van der Waals surface area contributed by atoms with E-state index in [0.717, 1.165) is 32.4 Å². The molecular weight excluding hydrogens is 398 g/mol. The number of halogens is 1. The van der Waals surface area contributed by atoms with Gasteiger partial charge in [0.25, 0.3) is 0 Å². The number of benzene rings is 2. The number of anilines is 1. The van der Waals surface area contributed by atoms with Crippen LogP contribution in [0.5, 0.6) is 0 Å². The van der Waals surface area contributed by atoms with E-state index < -0.39 is 0 Å². The maximum absolute atomic E-state index is 9.69. The van der Waals surface area contributed by atoms with Gasteiger partial charge in [0.05, 0.1) is 5.69 Å². The van der Waals surface area contributed by atoms with E-state index in [1.165, 1.54) is 5.56 Å². The summed E-state index contributed by atoms with van der Waals surface area (Å²) in [6, 6.07) is 18.5. The molecule has 0 aliphatic rings. The number of hydrogen-bond donors (Lipinski definition) is 1. The average Bonchev–Trinajstić information content (AvgIpc) is 2.63. The van der Waals surface area contributed by atoms with Gasteiger partial charge in [0.15, 0.2) is 0 Å². The van der Waals surface area contributed by atoms with Crippen LogP contribution in [0.1, 0.15) is 37.5 Å². The summed E-state index contributed by atoms with van der Waals surface area (Å²) in [5.41, 5.74) is 12.5. The molecule has 1 aromatic heterocycles. The second-order valence-electron chi connectivity index (χ2n) is 7.67. The van der Waals surface area contributed by atoms with Crippen molar-refractivity contribution in [3.63, 3.8) is 0 Å². The van der Waals surface area contributed by atoms with Crippen LogP contribution >= 0.6 is 15.9 Å². The van der Waals surface area contributed by atoms with Crippen molar-refractivity contribution in [2.45, 2.75) is 33.1 Å². The Labute approximate surface area is 169 Å². The SMILES string of the molecule is Cc1c(-c2ccc(Br)cc2)nc(N)c(C#N)c1-c1ccc(C(C)(C)C)cc1. The minimum Gasteiger partial charge on any atom is -0.383 e. The van der Waals surface area contributed by atoms with Crippen LogP contribution < -0.4 is 5.73 Å². The first-order chi connectivity index (χ1) is 12.7. The molecule has 0 atom stereocenters. The monoisotopic (exact) mass is 419 g/mol. The first kappa shape index (κ1) is 19.1. The van der Waals surface area contributed by atoms with E-state index in [1.54, 1.807) is 0 Å². The minimum atomic E-state index is 0.0749. The summed E-state index contributed by atoms with van der Waals surface area (Å²) < 4.78 is 1.00. The third kappa shape index (κ3) is 3.74. The van der Waals surface area contributed by atoms with Crippen molar-refractivity contribution in [1.82, 2.24) is 4.98 Å².